The van der Waals surface area contributed by atoms with Gasteiger partial charge in [0.1, 0.15) is 0 Å². The Morgan fingerprint density at radius 2 is 2.20 bits per heavy atom. The van der Waals surface area contributed by atoms with Crippen molar-refractivity contribution in [3.8, 4) is 0 Å². The van der Waals surface area contributed by atoms with Crippen molar-refractivity contribution in [1.82, 2.24) is 5.32 Å². The summed E-state index contributed by atoms with van der Waals surface area (Å²) in [7, 11) is 0. The van der Waals surface area contributed by atoms with Crippen molar-refractivity contribution in [2.24, 2.45) is 0 Å². The Morgan fingerprint density at radius 3 is 2.73 bits per heavy atom. The summed E-state index contributed by atoms with van der Waals surface area (Å²) >= 11 is 0. The predicted octanol–water partition coefficient (Wildman–Crippen LogP) is 0.303. The lowest BCUT2D eigenvalue weighted by Gasteiger charge is -2.02. The summed E-state index contributed by atoms with van der Waals surface area (Å²) in [6.45, 7) is 2.34. The van der Waals surface area contributed by atoms with Crippen LogP contribution in [-0.4, -0.2) is 24.4 Å². The standard InChI is InChI=1S/C10H13NO4/c1-2-3-4-15-9(13)6-7-5-8(12)11-10(7)14/h5H,2-4,6H2,1H3,(H,11,12,14). The monoisotopic (exact) mass is 211 g/mol. The Bertz CT molecular complexity index is 319. The zero-order valence-electron chi connectivity index (χ0n) is 8.54. The highest BCUT2D eigenvalue weighted by atomic mass is 16.5. The van der Waals surface area contributed by atoms with Crippen molar-refractivity contribution < 1.29 is 19.1 Å². The van der Waals surface area contributed by atoms with E-state index in [0.29, 0.717) is 6.61 Å². The number of amides is 2. The van der Waals surface area contributed by atoms with E-state index in [1.807, 2.05) is 6.92 Å². The van der Waals surface area contributed by atoms with Gasteiger partial charge in [0, 0.05) is 11.6 Å². The van der Waals surface area contributed by atoms with Crippen molar-refractivity contribution in [3.05, 3.63) is 11.6 Å². The van der Waals surface area contributed by atoms with Crippen LogP contribution in [0.4, 0.5) is 0 Å². The van der Waals surface area contributed by atoms with E-state index in [4.69, 9.17) is 4.74 Å². The first-order valence-corrected chi connectivity index (χ1v) is 4.85. The molecule has 0 unspecified atom stereocenters. The third-order valence-corrected chi connectivity index (χ3v) is 1.93. The highest BCUT2D eigenvalue weighted by molar-refractivity contribution is 6.17. The number of esters is 1. The van der Waals surface area contributed by atoms with Gasteiger partial charge >= 0.3 is 5.97 Å². The maximum Gasteiger partial charge on any atom is 0.310 e. The summed E-state index contributed by atoms with van der Waals surface area (Å²) in [5.41, 5.74) is 0.168. The predicted molar refractivity (Wildman–Crippen MR) is 51.7 cm³/mol. The second-order valence-corrected chi connectivity index (χ2v) is 3.24. The van der Waals surface area contributed by atoms with Gasteiger partial charge in [0.25, 0.3) is 11.8 Å². The molecular formula is C10H13NO4. The molecule has 1 heterocycles. The molecular weight excluding hydrogens is 198 g/mol. The lowest BCUT2D eigenvalue weighted by molar-refractivity contribution is -0.143. The molecule has 0 aromatic heterocycles. The number of carbonyl (C=O) groups is 3. The molecule has 0 fully saturated rings. The SMILES string of the molecule is CCCCOC(=O)CC1=CC(=O)NC1=O. The van der Waals surface area contributed by atoms with Crippen LogP contribution in [-0.2, 0) is 19.1 Å². The largest absolute Gasteiger partial charge is 0.465 e. The maximum atomic E-state index is 11.2. The van der Waals surface area contributed by atoms with Crippen LogP contribution in [0.15, 0.2) is 11.6 Å². The zero-order chi connectivity index (χ0) is 11.3. The molecule has 1 aliphatic rings. The van der Waals surface area contributed by atoms with Gasteiger partial charge < -0.3 is 4.74 Å². The Morgan fingerprint density at radius 1 is 1.47 bits per heavy atom. The van der Waals surface area contributed by atoms with E-state index in [0.717, 1.165) is 18.9 Å². The van der Waals surface area contributed by atoms with Crippen molar-refractivity contribution in [1.29, 1.82) is 0 Å². The first kappa shape index (κ1) is 11.4. The molecule has 0 saturated heterocycles. The van der Waals surface area contributed by atoms with Crippen molar-refractivity contribution >= 4 is 17.8 Å². The molecule has 0 bridgehead atoms. The second kappa shape index (κ2) is 5.29. The number of unbranched alkanes of at least 4 members (excludes halogenated alkanes) is 1. The number of hydrogen-bond donors (Lipinski definition) is 1. The van der Waals surface area contributed by atoms with Gasteiger partial charge in [0.2, 0.25) is 0 Å². The first-order chi connectivity index (χ1) is 7.13. The van der Waals surface area contributed by atoms with E-state index in [1.54, 1.807) is 0 Å². The van der Waals surface area contributed by atoms with Gasteiger partial charge in [0.15, 0.2) is 0 Å². The number of rotatable bonds is 5. The van der Waals surface area contributed by atoms with Crippen LogP contribution >= 0.6 is 0 Å². The summed E-state index contributed by atoms with van der Waals surface area (Å²) in [5.74, 6) is -1.46. The number of nitrogens with one attached hydrogen (secondary N) is 1. The quantitative estimate of drug-likeness (QED) is 0.403. The fourth-order valence-electron chi connectivity index (χ4n) is 1.12. The van der Waals surface area contributed by atoms with Crippen LogP contribution in [0.5, 0.6) is 0 Å². The Kier molecular flexibility index (Phi) is 4.03. The van der Waals surface area contributed by atoms with Crippen LogP contribution in [0.1, 0.15) is 26.2 Å². The van der Waals surface area contributed by atoms with E-state index < -0.39 is 17.8 Å². The molecule has 5 heteroatoms. The lowest BCUT2D eigenvalue weighted by atomic mass is 10.2. The first-order valence-electron chi connectivity index (χ1n) is 4.85. The van der Waals surface area contributed by atoms with E-state index in [9.17, 15) is 14.4 Å². The molecule has 1 rings (SSSR count). The van der Waals surface area contributed by atoms with Crippen LogP contribution in [0.2, 0.25) is 0 Å². The summed E-state index contributed by atoms with van der Waals surface area (Å²) in [6.07, 6.45) is 2.73. The van der Waals surface area contributed by atoms with Gasteiger partial charge in [-0.05, 0) is 6.42 Å². The molecule has 0 atom stereocenters. The summed E-state index contributed by atoms with van der Waals surface area (Å²) in [4.78, 5) is 33.0. The minimum absolute atomic E-state index is 0.138. The molecule has 0 radical (unpaired) electrons. The molecule has 0 aromatic carbocycles. The van der Waals surface area contributed by atoms with Gasteiger partial charge in [-0.1, -0.05) is 13.3 Å². The van der Waals surface area contributed by atoms with Crippen LogP contribution in [0.3, 0.4) is 0 Å². The van der Waals surface area contributed by atoms with Crippen molar-refractivity contribution in [2.75, 3.05) is 6.61 Å². The van der Waals surface area contributed by atoms with Gasteiger partial charge in [-0.15, -0.1) is 0 Å². The molecule has 1 aliphatic heterocycles. The number of imide groups is 1. The number of ether oxygens (including phenoxy) is 1. The van der Waals surface area contributed by atoms with Crippen molar-refractivity contribution in [3.63, 3.8) is 0 Å². The van der Waals surface area contributed by atoms with Gasteiger partial charge in [-0.3, -0.25) is 19.7 Å². The average molecular weight is 211 g/mol. The van der Waals surface area contributed by atoms with Gasteiger partial charge in [-0.25, -0.2) is 0 Å². The van der Waals surface area contributed by atoms with Crippen LogP contribution in [0.25, 0.3) is 0 Å². The Balaban J connectivity index is 2.35. The number of hydrogen-bond acceptors (Lipinski definition) is 4. The fraction of sp³-hybridized carbons (Fsp3) is 0.500. The molecule has 0 saturated carbocycles. The molecule has 5 nitrogen and oxygen atoms in total. The molecule has 0 spiro atoms. The Hall–Kier alpha value is -1.65. The second-order valence-electron chi connectivity index (χ2n) is 3.24. The van der Waals surface area contributed by atoms with Crippen LogP contribution < -0.4 is 5.32 Å². The third kappa shape index (κ3) is 3.53. The van der Waals surface area contributed by atoms with Gasteiger partial charge in [0.05, 0.1) is 13.0 Å². The average Bonchev–Trinajstić information content (AvgIpc) is 2.45. The van der Waals surface area contributed by atoms with E-state index in [2.05, 4.69) is 5.32 Å². The number of carbonyl (C=O) groups excluding carboxylic acids is 3. The fourth-order valence-corrected chi connectivity index (χ4v) is 1.12. The summed E-state index contributed by atoms with van der Waals surface area (Å²) < 4.78 is 4.86. The third-order valence-electron chi connectivity index (χ3n) is 1.93. The minimum atomic E-state index is -0.507. The van der Waals surface area contributed by atoms with Crippen molar-refractivity contribution in [2.45, 2.75) is 26.2 Å². The lowest BCUT2D eigenvalue weighted by Crippen LogP contribution is -2.23. The zero-order valence-corrected chi connectivity index (χ0v) is 8.54. The topological polar surface area (TPSA) is 72.5 Å². The molecule has 0 aliphatic carbocycles. The van der Waals surface area contributed by atoms with E-state index >= 15 is 0 Å². The van der Waals surface area contributed by atoms with Crippen LogP contribution in [0, 0.1) is 0 Å². The molecule has 2 amide bonds. The summed E-state index contributed by atoms with van der Waals surface area (Å²) in [6, 6.07) is 0. The Labute approximate surface area is 87.5 Å². The summed E-state index contributed by atoms with van der Waals surface area (Å²) in [5, 5.41) is 2.06. The highest BCUT2D eigenvalue weighted by Gasteiger charge is 2.23. The molecule has 15 heavy (non-hydrogen) atoms. The highest BCUT2D eigenvalue weighted by Crippen LogP contribution is 2.08. The van der Waals surface area contributed by atoms with Gasteiger partial charge in [-0.2, -0.15) is 0 Å². The molecule has 1 N–H and O–H groups in total. The smallest absolute Gasteiger partial charge is 0.310 e. The minimum Gasteiger partial charge on any atom is -0.465 e. The van der Waals surface area contributed by atoms with E-state index in [-0.39, 0.29) is 12.0 Å². The molecule has 82 valence electrons. The van der Waals surface area contributed by atoms with E-state index in [1.165, 1.54) is 0 Å². The molecule has 0 aromatic rings. The maximum absolute atomic E-state index is 11.2. The normalized spacial score (nSPS) is 14.9.